The molecule has 2 heteroatoms. The molecule has 16 heavy (non-hydrogen) atoms. The van der Waals surface area contributed by atoms with E-state index in [4.69, 9.17) is 0 Å². The Labute approximate surface area is 103 Å². The van der Waals surface area contributed by atoms with Gasteiger partial charge in [0.2, 0.25) is 0 Å². The molecule has 0 saturated carbocycles. The molecule has 0 aliphatic carbocycles. The van der Waals surface area contributed by atoms with Crippen molar-refractivity contribution in [1.82, 2.24) is 4.57 Å². The maximum atomic E-state index is 4.18. The van der Waals surface area contributed by atoms with Crippen molar-refractivity contribution in [2.24, 2.45) is 0 Å². The summed E-state index contributed by atoms with van der Waals surface area (Å²) >= 11 is 0. The van der Waals surface area contributed by atoms with Crippen LogP contribution in [0.5, 0.6) is 0 Å². The summed E-state index contributed by atoms with van der Waals surface area (Å²) in [6, 6.07) is 0. The SMILES string of the molecule is C=CC(=C)[Si](C)(C)N(CCCC)CCCC. The molecule has 0 spiro atoms. The number of hydrogen-bond acceptors (Lipinski definition) is 1. The van der Waals surface area contributed by atoms with Gasteiger partial charge in [-0.05, 0) is 25.9 Å². The molecule has 0 aromatic heterocycles. The van der Waals surface area contributed by atoms with Crippen LogP contribution in [0.25, 0.3) is 0 Å². The minimum absolute atomic E-state index is 1.22. The Bertz CT molecular complexity index is 213. The van der Waals surface area contributed by atoms with Gasteiger partial charge in [-0.25, -0.2) is 0 Å². The summed E-state index contributed by atoms with van der Waals surface area (Å²) in [7, 11) is -1.49. The summed E-state index contributed by atoms with van der Waals surface area (Å²) in [5.41, 5.74) is 0. The van der Waals surface area contributed by atoms with E-state index in [0.717, 1.165) is 0 Å². The van der Waals surface area contributed by atoms with Crippen LogP contribution < -0.4 is 0 Å². The first-order valence-corrected chi connectivity index (χ1v) is 9.52. The van der Waals surface area contributed by atoms with E-state index < -0.39 is 8.24 Å². The molecule has 0 aromatic carbocycles. The third kappa shape index (κ3) is 4.66. The molecule has 94 valence electrons. The first kappa shape index (κ1) is 15.7. The van der Waals surface area contributed by atoms with Gasteiger partial charge in [0.15, 0.2) is 8.24 Å². The maximum Gasteiger partial charge on any atom is 0.153 e. The Morgan fingerprint density at radius 2 is 1.56 bits per heavy atom. The van der Waals surface area contributed by atoms with Crippen molar-refractivity contribution < 1.29 is 0 Å². The van der Waals surface area contributed by atoms with Gasteiger partial charge in [0.1, 0.15) is 0 Å². The molecule has 0 rings (SSSR count). The maximum absolute atomic E-state index is 4.18. The Morgan fingerprint density at radius 1 is 1.12 bits per heavy atom. The predicted octanol–water partition coefficient (Wildman–Crippen LogP) is 4.38. The third-order valence-corrected chi connectivity index (χ3v) is 7.19. The predicted molar refractivity (Wildman–Crippen MR) is 78.2 cm³/mol. The standard InChI is InChI=1S/C14H29NSi/c1-7-10-12-15(13-11-8-2)16(5,6)14(4)9-3/h9H,3-4,7-8,10-13H2,1-2,5-6H3. The van der Waals surface area contributed by atoms with E-state index in [9.17, 15) is 0 Å². The molecule has 0 N–H and O–H groups in total. The van der Waals surface area contributed by atoms with Crippen molar-refractivity contribution in [2.45, 2.75) is 52.6 Å². The van der Waals surface area contributed by atoms with Crippen molar-refractivity contribution in [3.63, 3.8) is 0 Å². The Morgan fingerprint density at radius 3 is 1.88 bits per heavy atom. The lowest BCUT2D eigenvalue weighted by molar-refractivity contribution is 0.403. The minimum atomic E-state index is -1.49. The van der Waals surface area contributed by atoms with Crippen molar-refractivity contribution in [2.75, 3.05) is 13.1 Å². The number of unbranched alkanes of at least 4 members (excludes halogenated alkanes) is 2. The van der Waals surface area contributed by atoms with Crippen LogP contribution in [0.15, 0.2) is 24.4 Å². The minimum Gasteiger partial charge on any atom is -0.320 e. The van der Waals surface area contributed by atoms with Gasteiger partial charge < -0.3 is 4.57 Å². The normalized spacial score (nSPS) is 11.8. The van der Waals surface area contributed by atoms with Crippen LogP contribution in [0.3, 0.4) is 0 Å². The molecule has 0 amide bonds. The Kier molecular flexibility index (Phi) is 7.69. The third-order valence-electron chi connectivity index (χ3n) is 3.39. The molecule has 0 fully saturated rings. The molecule has 0 aliphatic rings. The smallest absolute Gasteiger partial charge is 0.153 e. The van der Waals surface area contributed by atoms with Gasteiger partial charge >= 0.3 is 0 Å². The zero-order valence-corrected chi connectivity index (χ0v) is 12.7. The summed E-state index contributed by atoms with van der Waals surface area (Å²) in [5.74, 6) is 0. The molecule has 0 radical (unpaired) electrons. The number of rotatable bonds is 9. The van der Waals surface area contributed by atoms with Gasteiger partial charge in [-0.3, -0.25) is 0 Å². The molecule has 0 aliphatic heterocycles. The Balaban J connectivity index is 4.56. The fourth-order valence-corrected chi connectivity index (χ4v) is 4.16. The van der Waals surface area contributed by atoms with E-state index in [1.807, 2.05) is 6.08 Å². The zero-order chi connectivity index (χ0) is 12.6. The van der Waals surface area contributed by atoms with Crippen LogP contribution >= 0.6 is 0 Å². The fraction of sp³-hybridized carbons (Fsp3) is 0.714. The molecule has 0 unspecified atom stereocenters. The zero-order valence-electron chi connectivity index (χ0n) is 11.7. The quantitative estimate of drug-likeness (QED) is 0.426. The van der Waals surface area contributed by atoms with E-state index in [0.29, 0.717) is 0 Å². The van der Waals surface area contributed by atoms with E-state index in [2.05, 4.69) is 44.7 Å². The number of hydrogen-bond donors (Lipinski definition) is 0. The van der Waals surface area contributed by atoms with E-state index in [-0.39, 0.29) is 0 Å². The average molecular weight is 239 g/mol. The van der Waals surface area contributed by atoms with Gasteiger partial charge in [0.25, 0.3) is 0 Å². The van der Waals surface area contributed by atoms with Crippen LogP contribution in [0, 0.1) is 0 Å². The summed E-state index contributed by atoms with van der Waals surface area (Å²) in [6.45, 7) is 19.8. The summed E-state index contributed by atoms with van der Waals surface area (Å²) < 4.78 is 2.68. The van der Waals surface area contributed by atoms with Gasteiger partial charge in [-0.2, -0.15) is 0 Å². The van der Waals surface area contributed by atoms with Gasteiger partial charge in [0, 0.05) is 0 Å². The molecule has 1 nitrogen and oxygen atoms in total. The highest BCUT2D eigenvalue weighted by Crippen LogP contribution is 2.20. The lowest BCUT2D eigenvalue weighted by Gasteiger charge is -2.37. The van der Waals surface area contributed by atoms with E-state index in [1.165, 1.54) is 44.0 Å². The van der Waals surface area contributed by atoms with E-state index in [1.54, 1.807) is 0 Å². The first-order valence-electron chi connectivity index (χ1n) is 6.57. The van der Waals surface area contributed by atoms with Crippen molar-refractivity contribution in [1.29, 1.82) is 0 Å². The molecular weight excluding hydrogens is 210 g/mol. The number of allylic oxidation sites excluding steroid dienone is 2. The molecular formula is C14H29NSi. The second-order valence-electron chi connectivity index (χ2n) is 4.98. The topological polar surface area (TPSA) is 3.24 Å². The molecule has 0 atom stereocenters. The second kappa shape index (κ2) is 7.85. The molecule has 0 heterocycles. The lowest BCUT2D eigenvalue weighted by atomic mass is 10.3. The summed E-state index contributed by atoms with van der Waals surface area (Å²) in [5, 5.41) is 1.26. The van der Waals surface area contributed by atoms with E-state index >= 15 is 0 Å². The molecule has 0 aromatic rings. The first-order chi connectivity index (χ1) is 7.50. The fourth-order valence-electron chi connectivity index (χ4n) is 1.82. The monoisotopic (exact) mass is 239 g/mol. The van der Waals surface area contributed by atoms with Crippen molar-refractivity contribution in [3.05, 3.63) is 24.4 Å². The molecule has 0 saturated heterocycles. The number of nitrogens with zero attached hydrogens (tertiary/aromatic N) is 1. The van der Waals surface area contributed by atoms with Crippen LogP contribution in [0.1, 0.15) is 39.5 Å². The second-order valence-corrected chi connectivity index (χ2v) is 9.38. The van der Waals surface area contributed by atoms with Crippen molar-refractivity contribution >= 4 is 8.24 Å². The van der Waals surface area contributed by atoms with Crippen LogP contribution in [-0.4, -0.2) is 25.9 Å². The highest BCUT2D eigenvalue weighted by Gasteiger charge is 2.30. The average Bonchev–Trinajstić information content (AvgIpc) is 2.27. The Hall–Kier alpha value is -0.343. The molecule has 0 bridgehead atoms. The largest absolute Gasteiger partial charge is 0.320 e. The van der Waals surface area contributed by atoms with Crippen LogP contribution in [0.2, 0.25) is 13.1 Å². The highest BCUT2D eigenvalue weighted by molar-refractivity contribution is 6.82. The summed E-state index contributed by atoms with van der Waals surface area (Å²) in [6.07, 6.45) is 7.09. The lowest BCUT2D eigenvalue weighted by Crippen LogP contribution is -2.50. The summed E-state index contributed by atoms with van der Waals surface area (Å²) in [4.78, 5) is 0. The van der Waals surface area contributed by atoms with Crippen LogP contribution in [0.4, 0.5) is 0 Å². The van der Waals surface area contributed by atoms with Gasteiger partial charge in [-0.15, -0.1) is 0 Å². The van der Waals surface area contributed by atoms with Gasteiger partial charge in [0.05, 0.1) is 0 Å². The highest BCUT2D eigenvalue weighted by atomic mass is 28.3. The van der Waals surface area contributed by atoms with Crippen LogP contribution in [-0.2, 0) is 0 Å². The van der Waals surface area contributed by atoms with Gasteiger partial charge in [-0.1, -0.05) is 64.2 Å². The van der Waals surface area contributed by atoms with Crippen molar-refractivity contribution in [3.8, 4) is 0 Å².